The molecule has 2 aliphatic rings. The minimum Gasteiger partial charge on any atom is -0.310 e. The fourth-order valence-electron chi connectivity index (χ4n) is 9.27. The molecule has 1 spiro atoms. The number of nitrogens with zero attached hydrogens (tertiary/aromatic N) is 1. The molecule has 2 aliphatic carbocycles. The van der Waals surface area contributed by atoms with E-state index in [2.05, 4.69) is 193 Å². The highest BCUT2D eigenvalue weighted by molar-refractivity contribution is 6.30. The molecule has 0 saturated heterocycles. The molecule has 1 nitrogen and oxygen atoms in total. The molecule has 0 saturated carbocycles. The molecule has 0 aliphatic heterocycles. The van der Waals surface area contributed by atoms with Gasteiger partial charge in [-0.2, -0.15) is 0 Å². The van der Waals surface area contributed by atoms with Gasteiger partial charge in [0.15, 0.2) is 0 Å². The van der Waals surface area contributed by atoms with E-state index in [-0.39, 0.29) is 0 Å². The predicted molar refractivity (Wildman–Crippen MR) is 210 cm³/mol. The molecule has 1 atom stereocenters. The maximum Gasteiger partial charge on any atom is 0.0726 e. The molecule has 0 amide bonds. The second-order valence-electron chi connectivity index (χ2n) is 13.6. The van der Waals surface area contributed by atoms with Crippen LogP contribution in [0.2, 0.25) is 0 Å². The molecule has 0 fully saturated rings. The second-order valence-corrected chi connectivity index (χ2v) is 13.6. The van der Waals surface area contributed by atoms with Gasteiger partial charge < -0.3 is 4.90 Å². The van der Waals surface area contributed by atoms with Crippen LogP contribution in [-0.2, 0) is 5.41 Å². The first-order chi connectivity index (χ1) is 24.8. The van der Waals surface area contributed by atoms with Gasteiger partial charge in [-0.05, 0) is 119 Å². The summed E-state index contributed by atoms with van der Waals surface area (Å²) in [6.07, 6.45) is 0. The van der Waals surface area contributed by atoms with Crippen LogP contribution >= 0.6 is 0 Å². The predicted octanol–water partition coefficient (Wildman–Crippen LogP) is 13.0. The topological polar surface area (TPSA) is 3.24 Å². The standard InChI is InChI=1S/C49H31N/c1-4-14-32(15-5-1)33-26-28-37-39-21-12-24-45-47(39)48-40(41(37)30-33)22-13-25-46(48)49(45)43-23-11-10-20-38(43)42-31-36(27-29-44(42)49)50(34-16-6-2-7-17-34)35-18-8-3-9-19-35/h1-31H. The number of para-hydroxylation sites is 2. The van der Waals surface area contributed by atoms with Gasteiger partial charge in [0.05, 0.1) is 5.41 Å². The summed E-state index contributed by atoms with van der Waals surface area (Å²) < 4.78 is 0. The molecule has 232 valence electrons. The lowest BCUT2D eigenvalue weighted by atomic mass is 9.70. The van der Waals surface area contributed by atoms with Crippen molar-refractivity contribution in [3.05, 3.63) is 210 Å². The van der Waals surface area contributed by atoms with Crippen LogP contribution in [0.1, 0.15) is 22.3 Å². The van der Waals surface area contributed by atoms with Crippen LogP contribution in [-0.4, -0.2) is 0 Å². The summed E-state index contributed by atoms with van der Waals surface area (Å²) in [7, 11) is 0. The Labute approximate surface area is 291 Å². The van der Waals surface area contributed by atoms with Crippen LogP contribution < -0.4 is 4.90 Å². The van der Waals surface area contributed by atoms with E-state index in [4.69, 9.17) is 0 Å². The Morgan fingerprint density at radius 3 is 1.54 bits per heavy atom. The van der Waals surface area contributed by atoms with Crippen molar-refractivity contribution in [3.63, 3.8) is 0 Å². The highest BCUT2D eigenvalue weighted by atomic mass is 15.1. The Balaban J connectivity index is 1.21. The van der Waals surface area contributed by atoms with E-state index in [0.29, 0.717) is 0 Å². The number of rotatable bonds is 4. The Morgan fingerprint density at radius 2 is 0.860 bits per heavy atom. The Kier molecular flexibility index (Phi) is 5.66. The Bertz CT molecular complexity index is 2760. The van der Waals surface area contributed by atoms with Gasteiger partial charge in [0.2, 0.25) is 0 Å². The summed E-state index contributed by atoms with van der Waals surface area (Å²) in [5.74, 6) is 0. The minimum atomic E-state index is -0.407. The number of fused-ring (bicyclic) bond motifs is 10. The van der Waals surface area contributed by atoms with Crippen LogP contribution in [0.5, 0.6) is 0 Å². The molecule has 11 rings (SSSR count). The third kappa shape index (κ3) is 3.56. The van der Waals surface area contributed by atoms with Crippen LogP contribution in [0, 0.1) is 0 Å². The van der Waals surface area contributed by atoms with Gasteiger partial charge in [-0.1, -0.05) is 146 Å². The summed E-state index contributed by atoms with van der Waals surface area (Å²) in [6, 6.07) is 69.5. The lowest BCUT2D eigenvalue weighted by Crippen LogP contribution is -2.26. The van der Waals surface area contributed by atoms with Gasteiger partial charge in [-0.3, -0.25) is 0 Å². The van der Waals surface area contributed by atoms with Crippen molar-refractivity contribution in [2.24, 2.45) is 0 Å². The van der Waals surface area contributed by atoms with Crippen LogP contribution in [0.4, 0.5) is 17.1 Å². The molecule has 9 aromatic rings. The quantitative estimate of drug-likeness (QED) is 0.174. The fourth-order valence-corrected chi connectivity index (χ4v) is 9.27. The third-order valence-electron chi connectivity index (χ3n) is 11.2. The van der Waals surface area contributed by atoms with Crippen molar-refractivity contribution < 1.29 is 0 Å². The first-order valence-electron chi connectivity index (χ1n) is 17.4. The highest BCUT2D eigenvalue weighted by Gasteiger charge is 2.51. The molecule has 50 heavy (non-hydrogen) atoms. The lowest BCUT2D eigenvalue weighted by Gasteiger charge is -2.31. The lowest BCUT2D eigenvalue weighted by molar-refractivity contribution is 0.797. The van der Waals surface area contributed by atoms with Crippen molar-refractivity contribution in [3.8, 4) is 22.3 Å². The number of hydrogen-bond donors (Lipinski definition) is 0. The summed E-state index contributed by atoms with van der Waals surface area (Å²) in [4.78, 5) is 2.37. The Hall–Kier alpha value is -6.44. The Morgan fingerprint density at radius 1 is 0.300 bits per heavy atom. The largest absolute Gasteiger partial charge is 0.310 e. The zero-order valence-corrected chi connectivity index (χ0v) is 27.3. The van der Waals surface area contributed by atoms with E-state index in [1.54, 1.807) is 0 Å². The SMILES string of the molecule is c1ccc(-c2ccc3c(c2)c2cccc4c2c2c(cccc32)C42c3ccccc3-c3cc(N(c4ccccc4)c4ccccc4)ccc32)cc1. The minimum absolute atomic E-state index is 0.407. The van der Waals surface area contributed by atoms with Crippen molar-refractivity contribution in [1.82, 2.24) is 0 Å². The van der Waals surface area contributed by atoms with Crippen LogP contribution in [0.25, 0.3) is 54.6 Å². The molecule has 0 N–H and O–H groups in total. The molecule has 0 heterocycles. The molecule has 0 radical (unpaired) electrons. The van der Waals surface area contributed by atoms with Crippen molar-refractivity contribution in [2.75, 3.05) is 4.90 Å². The monoisotopic (exact) mass is 633 g/mol. The van der Waals surface area contributed by atoms with E-state index < -0.39 is 5.41 Å². The summed E-state index contributed by atoms with van der Waals surface area (Å²) in [5.41, 5.74) is 13.6. The highest BCUT2D eigenvalue weighted by Crippen LogP contribution is 2.63. The first kappa shape index (κ1) is 27.5. The summed E-state index contributed by atoms with van der Waals surface area (Å²) >= 11 is 0. The first-order valence-corrected chi connectivity index (χ1v) is 17.4. The zero-order chi connectivity index (χ0) is 32.8. The molecule has 1 unspecified atom stereocenters. The second kappa shape index (κ2) is 10.3. The van der Waals surface area contributed by atoms with Crippen molar-refractivity contribution in [1.29, 1.82) is 0 Å². The molecular weight excluding hydrogens is 603 g/mol. The smallest absolute Gasteiger partial charge is 0.0726 e. The molecule has 0 aromatic heterocycles. The summed E-state index contributed by atoms with van der Waals surface area (Å²) in [6.45, 7) is 0. The molecule has 9 aromatic carbocycles. The maximum absolute atomic E-state index is 2.43. The average Bonchev–Trinajstić information content (AvgIpc) is 3.66. The van der Waals surface area contributed by atoms with Gasteiger partial charge in [0, 0.05) is 17.1 Å². The number of benzene rings is 9. The third-order valence-corrected chi connectivity index (χ3v) is 11.2. The van der Waals surface area contributed by atoms with E-state index in [1.807, 2.05) is 0 Å². The van der Waals surface area contributed by atoms with Gasteiger partial charge >= 0.3 is 0 Å². The maximum atomic E-state index is 2.43. The van der Waals surface area contributed by atoms with Crippen molar-refractivity contribution >= 4 is 49.4 Å². The van der Waals surface area contributed by atoms with Gasteiger partial charge in [-0.15, -0.1) is 0 Å². The number of anilines is 3. The van der Waals surface area contributed by atoms with Gasteiger partial charge in [0.25, 0.3) is 0 Å². The van der Waals surface area contributed by atoms with Crippen LogP contribution in [0.3, 0.4) is 0 Å². The zero-order valence-electron chi connectivity index (χ0n) is 27.3. The van der Waals surface area contributed by atoms with Gasteiger partial charge in [0.1, 0.15) is 0 Å². The molecular formula is C49H31N. The van der Waals surface area contributed by atoms with E-state index in [9.17, 15) is 0 Å². The van der Waals surface area contributed by atoms with Crippen molar-refractivity contribution in [2.45, 2.75) is 5.41 Å². The van der Waals surface area contributed by atoms with E-state index in [0.717, 1.165) is 17.1 Å². The van der Waals surface area contributed by atoms with E-state index in [1.165, 1.54) is 76.8 Å². The molecule has 1 heteroatoms. The fraction of sp³-hybridized carbons (Fsp3) is 0.0204. The molecule has 0 bridgehead atoms. The summed E-state index contributed by atoms with van der Waals surface area (Å²) in [5, 5.41) is 8.06. The number of hydrogen-bond acceptors (Lipinski definition) is 1. The van der Waals surface area contributed by atoms with Gasteiger partial charge in [-0.25, -0.2) is 0 Å². The van der Waals surface area contributed by atoms with Crippen LogP contribution in [0.15, 0.2) is 188 Å². The normalized spacial score (nSPS) is 15.3. The average molecular weight is 634 g/mol. The van der Waals surface area contributed by atoms with E-state index >= 15 is 0 Å².